The number of ether oxygens (including phenoxy) is 1. The number of aliphatic hydroxyl groups is 1. The zero-order valence-electron chi connectivity index (χ0n) is 20.8. The number of hydrogen-bond donors (Lipinski definition) is 2. The van der Waals surface area contributed by atoms with E-state index in [0.717, 1.165) is 61.6 Å². The molecule has 0 saturated carbocycles. The molecule has 0 radical (unpaired) electrons. The molecule has 1 aliphatic carbocycles. The second-order valence-electron chi connectivity index (χ2n) is 9.60. The van der Waals surface area contributed by atoms with Crippen molar-refractivity contribution in [3.63, 3.8) is 0 Å². The first-order chi connectivity index (χ1) is 17.5. The predicted molar refractivity (Wildman–Crippen MR) is 146 cm³/mol. The van der Waals surface area contributed by atoms with Gasteiger partial charge in [-0.05, 0) is 68.7 Å². The van der Waals surface area contributed by atoms with E-state index in [9.17, 15) is 5.11 Å². The van der Waals surface area contributed by atoms with Gasteiger partial charge in [-0.3, -0.25) is 4.99 Å². The van der Waals surface area contributed by atoms with Crippen molar-refractivity contribution in [2.45, 2.75) is 39.5 Å². The van der Waals surface area contributed by atoms with Crippen LogP contribution in [0.2, 0.25) is 5.02 Å². The van der Waals surface area contributed by atoms with Crippen LogP contribution in [0.3, 0.4) is 0 Å². The first-order valence-corrected chi connectivity index (χ1v) is 13.0. The maximum atomic E-state index is 9.30. The van der Waals surface area contributed by atoms with Crippen LogP contribution < -0.4 is 15.0 Å². The van der Waals surface area contributed by atoms with Crippen LogP contribution in [0.5, 0.6) is 11.8 Å². The Bertz CT molecular complexity index is 1260. The molecule has 0 spiro atoms. The van der Waals surface area contributed by atoms with Gasteiger partial charge in [-0.25, -0.2) is 0 Å². The molecule has 7 nitrogen and oxygen atoms in total. The lowest BCUT2D eigenvalue weighted by atomic mass is 9.94. The number of aliphatic imine (C=N–C) groups is 1. The maximum Gasteiger partial charge on any atom is 0.325 e. The Labute approximate surface area is 217 Å². The van der Waals surface area contributed by atoms with Crippen molar-refractivity contribution < 1.29 is 9.84 Å². The largest absolute Gasteiger partial charge is 0.423 e. The second kappa shape index (κ2) is 10.8. The van der Waals surface area contributed by atoms with Gasteiger partial charge in [-0.2, -0.15) is 9.97 Å². The number of rotatable bonds is 7. The Morgan fingerprint density at radius 3 is 2.83 bits per heavy atom. The number of nitrogens with zero attached hydrogens (tertiary/aromatic N) is 4. The monoisotopic (exact) mass is 505 g/mol. The average molecular weight is 506 g/mol. The molecular weight excluding hydrogens is 474 g/mol. The van der Waals surface area contributed by atoms with Crippen molar-refractivity contribution in [3.8, 4) is 11.8 Å². The van der Waals surface area contributed by atoms with Gasteiger partial charge in [0.2, 0.25) is 0 Å². The molecule has 0 atom stereocenters. The molecule has 1 fully saturated rings. The summed E-state index contributed by atoms with van der Waals surface area (Å²) in [5, 5.41) is 13.2. The molecule has 1 saturated heterocycles. The van der Waals surface area contributed by atoms with Crippen molar-refractivity contribution in [2.75, 3.05) is 36.5 Å². The van der Waals surface area contributed by atoms with Gasteiger partial charge >= 0.3 is 6.01 Å². The lowest BCUT2D eigenvalue weighted by Crippen LogP contribution is -2.34. The second-order valence-corrected chi connectivity index (χ2v) is 9.98. The van der Waals surface area contributed by atoms with Crippen LogP contribution in [0.4, 0.5) is 11.6 Å². The van der Waals surface area contributed by atoms with Crippen molar-refractivity contribution in [3.05, 3.63) is 63.7 Å². The van der Waals surface area contributed by atoms with Crippen LogP contribution in [0.1, 0.15) is 44.2 Å². The summed E-state index contributed by atoms with van der Waals surface area (Å²) in [6.07, 6.45) is 12.0. The molecule has 2 N–H and O–H groups in total. The third-order valence-corrected chi connectivity index (χ3v) is 7.24. The summed E-state index contributed by atoms with van der Waals surface area (Å²) >= 11 is 6.72. The number of aromatic nitrogens is 2. The minimum Gasteiger partial charge on any atom is -0.423 e. The summed E-state index contributed by atoms with van der Waals surface area (Å²) in [7, 11) is 0. The molecule has 188 valence electrons. The van der Waals surface area contributed by atoms with E-state index in [1.807, 2.05) is 31.2 Å². The molecule has 1 aromatic carbocycles. The number of aliphatic hydroxyl groups excluding tert-OH is 1. The third kappa shape index (κ3) is 5.47. The van der Waals surface area contributed by atoms with Gasteiger partial charge in [0, 0.05) is 31.3 Å². The Morgan fingerprint density at radius 2 is 2.06 bits per heavy atom. The summed E-state index contributed by atoms with van der Waals surface area (Å²) in [6, 6.07) is 6.13. The summed E-state index contributed by atoms with van der Waals surface area (Å²) in [4.78, 5) is 16.2. The number of nitrogens with one attached hydrogen (secondary N) is 1. The maximum absolute atomic E-state index is 9.30. The number of halogens is 1. The Hall–Kier alpha value is -3.16. The predicted octanol–water partition coefficient (Wildman–Crippen LogP) is 5.81. The molecule has 5 rings (SSSR count). The van der Waals surface area contributed by atoms with Gasteiger partial charge in [-0.1, -0.05) is 41.5 Å². The molecule has 0 amide bonds. The van der Waals surface area contributed by atoms with Gasteiger partial charge in [0.15, 0.2) is 0 Å². The Kier molecular flexibility index (Phi) is 7.39. The van der Waals surface area contributed by atoms with E-state index < -0.39 is 0 Å². The van der Waals surface area contributed by atoms with E-state index in [1.165, 1.54) is 11.1 Å². The van der Waals surface area contributed by atoms with Crippen LogP contribution in [0.25, 0.3) is 6.08 Å². The van der Waals surface area contributed by atoms with Crippen LogP contribution in [0, 0.1) is 5.92 Å². The highest BCUT2D eigenvalue weighted by Crippen LogP contribution is 2.39. The highest BCUT2D eigenvalue weighted by Gasteiger charge is 2.23. The highest BCUT2D eigenvalue weighted by atomic mass is 35.5. The smallest absolute Gasteiger partial charge is 0.325 e. The number of allylic oxidation sites excluding steroid dienone is 2. The molecule has 36 heavy (non-hydrogen) atoms. The first kappa shape index (κ1) is 24.5. The minimum atomic E-state index is 0.240. The number of hydrogen-bond acceptors (Lipinski definition) is 7. The zero-order valence-corrected chi connectivity index (χ0v) is 21.6. The average Bonchev–Trinajstić information content (AvgIpc) is 3.47. The number of piperidine rings is 1. The highest BCUT2D eigenvalue weighted by molar-refractivity contribution is 6.33. The van der Waals surface area contributed by atoms with E-state index in [4.69, 9.17) is 21.3 Å². The number of amidine groups is 1. The van der Waals surface area contributed by atoms with Crippen molar-refractivity contribution in [1.29, 1.82) is 0 Å². The lowest BCUT2D eigenvalue weighted by Gasteiger charge is -2.32. The third-order valence-electron chi connectivity index (χ3n) is 6.85. The Morgan fingerprint density at radius 1 is 1.22 bits per heavy atom. The van der Waals surface area contributed by atoms with Gasteiger partial charge in [0.1, 0.15) is 23.2 Å². The number of benzene rings is 1. The molecule has 3 aliphatic rings. The van der Waals surface area contributed by atoms with Gasteiger partial charge in [-0.15, -0.1) is 0 Å². The molecule has 3 heterocycles. The molecule has 2 aromatic rings. The van der Waals surface area contributed by atoms with Crippen LogP contribution in [0.15, 0.2) is 52.6 Å². The van der Waals surface area contributed by atoms with Crippen LogP contribution >= 0.6 is 11.6 Å². The molecule has 0 bridgehead atoms. The topological polar surface area (TPSA) is 82.9 Å². The molecule has 2 aliphatic heterocycles. The fourth-order valence-corrected chi connectivity index (χ4v) is 5.26. The van der Waals surface area contributed by atoms with Gasteiger partial charge in [0.25, 0.3) is 0 Å². The first-order valence-electron chi connectivity index (χ1n) is 12.6. The van der Waals surface area contributed by atoms with Crippen molar-refractivity contribution >= 4 is 35.1 Å². The van der Waals surface area contributed by atoms with E-state index in [2.05, 4.69) is 45.3 Å². The fraction of sp³-hybridized carbons (Fsp3) is 0.393. The Balaban J connectivity index is 1.42. The lowest BCUT2D eigenvalue weighted by molar-refractivity contribution is 0.240. The van der Waals surface area contributed by atoms with Crippen LogP contribution in [-0.2, 0) is 6.42 Å². The normalized spacial score (nSPS) is 17.8. The summed E-state index contributed by atoms with van der Waals surface area (Å²) in [5.41, 5.74) is 4.63. The number of anilines is 2. The summed E-state index contributed by atoms with van der Waals surface area (Å²) in [5.74, 6) is 3.27. The zero-order chi connectivity index (χ0) is 25.1. The molecule has 8 heteroatoms. The molecule has 1 aromatic heterocycles. The van der Waals surface area contributed by atoms with Gasteiger partial charge < -0.3 is 20.1 Å². The fourth-order valence-electron chi connectivity index (χ4n) is 4.98. The molecule has 0 unspecified atom stereocenters. The van der Waals surface area contributed by atoms with E-state index in [0.29, 0.717) is 29.1 Å². The van der Waals surface area contributed by atoms with Gasteiger partial charge in [0.05, 0.1) is 11.6 Å². The van der Waals surface area contributed by atoms with E-state index in [-0.39, 0.29) is 12.6 Å². The van der Waals surface area contributed by atoms with E-state index >= 15 is 0 Å². The van der Waals surface area contributed by atoms with Crippen LogP contribution in [-0.4, -0.2) is 47.2 Å². The number of fused-ring (bicyclic) bond motifs is 1. The SMILES string of the molecule is C/C=C\C1=CC(Nc2cc(N3CCC(CCO)CC3)nc(Oc3ccc4c(c3Cl)C=C(C)C4)n2)=NC1. The summed E-state index contributed by atoms with van der Waals surface area (Å²) < 4.78 is 6.18. The van der Waals surface area contributed by atoms with Crippen molar-refractivity contribution in [1.82, 2.24) is 9.97 Å². The van der Waals surface area contributed by atoms with Crippen molar-refractivity contribution in [2.24, 2.45) is 10.9 Å². The summed E-state index contributed by atoms with van der Waals surface area (Å²) in [6.45, 7) is 6.73. The van der Waals surface area contributed by atoms with E-state index in [1.54, 1.807) is 0 Å². The standard InChI is InChI=1S/C28H32ClN5O2/c1-3-4-20-15-24(30-17-20)31-25-16-26(34-10-7-19(8-11-34)9-12-35)33-28(32-25)36-23-6-5-21-13-18(2)14-22(21)27(23)29/h3-6,14-16,19,35H,7-13,17H2,1-2H3,(H,30,31,32,33)/b4-3-. The quantitative estimate of drug-likeness (QED) is 0.494. The minimum absolute atomic E-state index is 0.240. The molecular formula is C28H32ClN5O2.